The molecule has 1 atom stereocenters. The van der Waals surface area contributed by atoms with Gasteiger partial charge in [0, 0.05) is 39.1 Å². The van der Waals surface area contributed by atoms with Gasteiger partial charge in [-0.25, -0.2) is 0 Å². The molecule has 0 unspecified atom stereocenters. The summed E-state index contributed by atoms with van der Waals surface area (Å²) in [6.07, 6.45) is 4.62. The summed E-state index contributed by atoms with van der Waals surface area (Å²) in [7, 11) is 0. The second-order valence-electron chi connectivity index (χ2n) is 5.65. The van der Waals surface area contributed by atoms with E-state index in [9.17, 15) is 4.79 Å². The minimum Gasteiger partial charge on any atom is -0.381 e. The van der Waals surface area contributed by atoms with E-state index >= 15 is 0 Å². The molecular formula is C14H26N2O3. The molecule has 0 aliphatic carbocycles. The van der Waals surface area contributed by atoms with Crippen LogP contribution in [0.2, 0.25) is 0 Å². The molecule has 2 N–H and O–H groups in total. The van der Waals surface area contributed by atoms with Crippen LogP contribution >= 0.6 is 0 Å². The van der Waals surface area contributed by atoms with Gasteiger partial charge in [-0.2, -0.15) is 0 Å². The Morgan fingerprint density at radius 1 is 1.37 bits per heavy atom. The fraction of sp³-hybridized carbons (Fsp3) is 0.929. The molecule has 2 aliphatic rings. The van der Waals surface area contributed by atoms with E-state index in [1.165, 1.54) is 0 Å². The zero-order valence-corrected chi connectivity index (χ0v) is 11.9. The molecule has 0 aromatic carbocycles. The van der Waals surface area contributed by atoms with E-state index in [-0.39, 0.29) is 17.6 Å². The average Bonchev–Trinajstić information content (AvgIpc) is 2.45. The van der Waals surface area contributed by atoms with Gasteiger partial charge >= 0.3 is 0 Å². The van der Waals surface area contributed by atoms with Gasteiger partial charge in [0.25, 0.3) is 0 Å². The number of hydrogen-bond donors (Lipinski definition) is 1. The van der Waals surface area contributed by atoms with Crippen LogP contribution in [0.3, 0.4) is 0 Å². The maximum atomic E-state index is 12.3. The first-order chi connectivity index (χ1) is 9.17. The summed E-state index contributed by atoms with van der Waals surface area (Å²) in [5.74, 6) is 0.0858. The number of amides is 1. The summed E-state index contributed by atoms with van der Waals surface area (Å²) in [4.78, 5) is 14.2. The van der Waals surface area contributed by atoms with Crippen molar-refractivity contribution < 1.29 is 14.3 Å². The number of hydrogen-bond acceptors (Lipinski definition) is 4. The lowest BCUT2D eigenvalue weighted by molar-refractivity contribution is -0.168. The molecule has 2 heterocycles. The quantitative estimate of drug-likeness (QED) is 0.825. The van der Waals surface area contributed by atoms with Crippen LogP contribution in [-0.4, -0.2) is 55.4 Å². The highest BCUT2D eigenvalue weighted by atomic mass is 16.5. The standard InChI is InChI=1S/C14H26N2O3/c1-2-3-4-12(15)13(17)16-7-10-19-14(11-16)5-8-18-9-6-14/h12H,2-11,15H2,1H3/t12-/m0/s1. The summed E-state index contributed by atoms with van der Waals surface area (Å²) in [5, 5.41) is 0. The number of nitrogens with zero attached hydrogens (tertiary/aromatic N) is 1. The summed E-state index contributed by atoms with van der Waals surface area (Å²) in [6, 6.07) is -0.352. The van der Waals surface area contributed by atoms with Gasteiger partial charge in [-0.3, -0.25) is 4.79 Å². The molecule has 0 aromatic heterocycles. The lowest BCUT2D eigenvalue weighted by Crippen LogP contribution is -2.58. The average molecular weight is 270 g/mol. The molecule has 110 valence electrons. The monoisotopic (exact) mass is 270 g/mol. The van der Waals surface area contributed by atoms with E-state index < -0.39 is 0 Å². The molecule has 2 rings (SSSR count). The van der Waals surface area contributed by atoms with Crippen LogP contribution in [0.1, 0.15) is 39.0 Å². The minimum atomic E-state index is -0.352. The lowest BCUT2D eigenvalue weighted by Gasteiger charge is -2.45. The van der Waals surface area contributed by atoms with Crippen molar-refractivity contribution in [3.63, 3.8) is 0 Å². The summed E-state index contributed by atoms with van der Waals surface area (Å²) in [5.41, 5.74) is 5.81. The molecule has 1 spiro atoms. The first-order valence-corrected chi connectivity index (χ1v) is 7.43. The van der Waals surface area contributed by atoms with Crippen molar-refractivity contribution in [2.75, 3.05) is 32.9 Å². The first kappa shape index (κ1) is 14.8. The number of morpholine rings is 1. The largest absolute Gasteiger partial charge is 0.381 e. The first-order valence-electron chi connectivity index (χ1n) is 7.43. The number of unbranched alkanes of at least 4 members (excludes halogenated alkanes) is 1. The lowest BCUT2D eigenvalue weighted by atomic mass is 9.91. The van der Waals surface area contributed by atoms with Gasteiger partial charge in [-0.1, -0.05) is 19.8 Å². The van der Waals surface area contributed by atoms with Crippen molar-refractivity contribution in [3.05, 3.63) is 0 Å². The second kappa shape index (κ2) is 6.68. The van der Waals surface area contributed by atoms with Gasteiger partial charge in [0.2, 0.25) is 5.91 Å². The SMILES string of the molecule is CCCC[C@H](N)C(=O)N1CCOC2(CCOCC2)C1. The fourth-order valence-electron chi connectivity index (χ4n) is 2.86. The number of carbonyl (C=O) groups is 1. The van der Waals surface area contributed by atoms with Crippen molar-refractivity contribution in [1.29, 1.82) is 0 Å². The Bertz CT molecular complexity index is 298. The van der Waals surface area contributed by atoms with E-state index in [4.69, 9.17) is 15.2 Å². The highest BCUT2D eigenvalue weighted by molar-refractivity contribution is 5.81. The van der Waals surface area contributed by atoms with Gasteiger partial charge < -0.3 is 20.1 Å². The van der Waals surface area contributed by atoms with Crippen LogP contribution in [0.4, 0.5) is 0 Å². The zero-order valence-electron chi connectivity index (χ0n) is 11.9. The van der Waals surface area contributed by atoms with Gasteiger partial charge in [-0.15, -0.1) is 0 Å². The number of ether oxygens (including phenoxy) is 2. The molecule has 19 heavy (non-hydrogen) atoms. The molecule has 2 saturated heterocycles. The molecule has 0 bridgehead atoms. The Morgan fingerprint density at radius 2 is 2.11 bits per heavy atom. The highest BCUT2D eigenvalue weighted by Crippen LogP contribution is 2.29. The molecule has 1 amide bonds. The van der Waals surface area contributed by atoms with Crippen molar-refractivity contribution in [3.8, 4) is 0 Å². The van der Waals surface area contributed by atoms with Gasteiger partial charge in [0.05, 0.1) is 18.2 Å². The Balaban J connectivity index is 1.91. The van der Waals surface area contributed by atoms with Crippen LogP contribution in [0.5, 0.6) is 0 Å². The Hall–Kier alpha value is -0.650. The van der Waals surface area contributed by atoms with Gasteiger partial charge in [0.15, 0.2) is 0 Å². The van der Waals surface area contributed by atoms with E-state index in [0.29, 0.717) is 19.7 Å². The maximum Gasteiger partial charge on any atom is 0.239 e. The third-order valence-corrected chi connectivity index (χ3v) is 4.15. The normalized spacial score (nSPS) is 24.4. The van der Waals surface area contributed by atoms with E-state index in [1.54, 1.807) is 0 Å². The Morgan fingerprint density at radius 3 is 2.79 bits per heavy atom. The summed E-state index contributed by atoms with van der Waals surface area (Å²) < 4.78 is 11.3. The Labute approximate surface area is 115 Å². The van der Waals surface area contributed by atoms with E-state index in [2.05, 4.69) is 6.92 Å². The van der Waals surface area contributed by atoms with Crippen molar-refractivity contribution in [1.82, 2.24) is 4.90 Å². The van der Waals surface area contributed by atoms with Crippen LogP contribution in [0.15, 0.2) is 0 Å². The molecule has 5 heteroatoms. The molecule has 0 saturated carbocycles. The molecule has 0 radical (unpaired) electrons. The van der Waals surface area contributed by atoms with Gasteiger partial charge in [0.1, 0.15) is 0 Å². The van der Waals surface area contributed by atoms with Crippen LogP contribution in [0.25, 0.3) is 0 Å². The Kier molecular flexibility index (Phi) is 5.19. The van der Waals surface area contributed by atoms with Crippen LogP contribution in [0, 0.1) is 0 Å². The maximum absolute atomic E-state index is 12.3. The number of carbonyl (C=O) groups excluding carboxylic acids is 1. The second-order valence-corrected chi connectivity index (χ2v) is 5.65. The van der Waals surface area contributed by atoms with Gasteiger partial charge in [-0.05, 0) is 6.42 Å². The van der Waals surface area contributed by atoms with Crippen molar-refractivity contribution in [2.45, 2.75) is 50.7 Å². The molecule has 2 aliphatic heterocycles. The zero-order chi connectivity index (χ0) is 13.7. The predicted molar refractivity (Wildman–Crippen MR) is 72.8 cm³/mol. The van der Waals surface area contributed by atoms with E-state index in [0.717, 1.165) is 45.3 Å². The molecular weight excluding hydrogens is 244 g/mol. The number of rotatable bonds is 4. The summed E-state index contributed by atoms with van der Waals surface area (Å²) in [6.45, 7) is 5.53. The highest BCUT2D eigenvalue weighted by Gasteiger charge is 2.40. The third-order valence-electron chi connectivity index (χ3n) is 4.15. The third kappa shape index (κ3) is 3.68. The topological polar surface area (TPSA) is 64.8 Å². The smallest absolute Gasteiger partial charge is 0.239 e. The molecule has 0 aromatic rings. The van der Waals surface area contributed by atoms with Crippen molar-refractivity contribution >= 4 is 5.91 Å². The fourth-order valence-corrected chi connectivity index (χ4v) is 2.86. The van der Waals surface area contributed by atoms with Crippen LogP contribution < -0.4 is 5.73 Å². The predicted octanol–water partition coefficient (Wildman–Crippen LogP) is 0.912. The number of nitrogens with two attached hydrogens (primary N) is 1. The summed E-state index contributed by atoms with van der Waals surface area (Å²) >= 11 is 0. The minimum absolute atomic E-state index is 0.0858. The van der Waals surface area contributed by atoms with Crippen molar-refractivity contribution in [2.24, 2.45) is 5.73 Å². The van der Waals surface area contributed by atoms with Crippen LogP contribution in [-0.2, 0) is 14.3 Å². The van der Waals surface area contributed by atoms with E-state index in [1.807, 2.05) is 4.90 Å². The molecule has 2 fully saturated rings. The molecule has 5 nitrogen and oxygen atoms in total.